The summed E-state index contributed by atoms with van der Waals surface area (Å²) in [6.45, 7) is 1.39. The Bertz CT molecular complexity index is 557. The number of hydrogen-bond donors (Lipinski definition) is 1. The second-order valence-electron chi connectivity index (χ2n) is 4.53. The maximum Gasteiger partial charge on any atom is 0.136 e. The van der Waals surface area contributed by atoms with Crippen LogP contribution in [0.2, 0.25) is 0 Å². The number of halogens is 2. The first-order valence-electron chi connectivity index (χ1n) is 6.49. The molecule has 0 bridgehead atoms. The molecule has 0 aliphatic heterocycles. The summed E-state index contributed by atoms with van der Waals surface area (Å²) in [6, 6.07) is 12.7. The number of ether oxygens (including phenoxy) is 1. The van der Waals surface area contributed by atoms with E-state index < -0.39 is 0 Å². The molecule has 2 aromatic carbocycles. The van der Waals surface area contributed by atoms with Crippen LogP contribution in [0.5, 0.6) is 5.75 Å². The summed E-state index contributed by atoms with van der Waals surface area (Å²) in [5.74, 6) is 0.217. The van der Waals surface area contributed by atoms with Crippen LogP contribution < -0.4 is 10.1 Å². The minimum absolute atomic E-state index is 0.300. The lowest BCUT2D eigenvalue weighted by Crippen LogP contribution is -2.10. The highest BCUT2D eigenvalue weighted by molar-refractivity contribution is 9.10. The lowest BCUT2D eigenvalue weighted by Gasteiger charge is -2.09. The summed E-state index contributed by atoms with van der Waals surface area (Å²) < 4.78 is 19.5. The highest BCUT2D eigenvalue weighted by atomic mass is 79.9. The largest absolute Gasteiger partial charge is 0.488 e. The molecule has 0 saturated carbocycles. The third-order valence-corrected chi connectivity index (χ3v) is 3.63. The Kier molecular flexibility index (Phi) is 5.56. The molecule has 4 heteroatoms. The standard InChI is InChI=1S/C16H17BrFNO/c1-19-9-8-12-2-4-13(5-3-12)11-20-16-10-14(18)6-7-15(16)17/h2-7,10,19H,8-9,11H2,1H3. The van der Waals surface area contributed by atoms with Crippen molar-refractivity contribution in [3.63, 3.8) is 0 Å². The van der Waals surface area contributed by atoms with Gasteiger partial charge in [-0.1, -0.05) is 24.3 Å². The van der Waals surface area contributed by atoms with Crippen LogP contribution in [0.3, 0.4) is 0 Å². The first kappa shape index (κ1) is 15.0. The molecule has 106 valence electrons. The van der Waals surface area contributed by atoms with Gasteiger partial charge in [-0.25, -0.2) is 4.39 Å². The predicted molar refractivity (Wildman–Crippen MR) is 82.5 cm³/mol. The smallest absolute Gasteiger partial charge is 0.136 e. The number of rotatable bonds is 6. The van der Waals surface area contributed by atoms with Crippen molar-refractivity contribution in [1.82, 2.24) is 5.32 Å². The van der Waals surface area contributed by atoms with Gasteiger partial charge in [0.25, 0.3) is 0 Å². The van der Waals surface area contributed by atoms with E-state index in [1.54, 1.807) is 6.07 Å². The summed E-state index contributed by atoms with van der Waals surface area (Å²) in [5.41, 5.74) is 2.35. The SMILES string of the molecule is CNCCc1ccc(COc2cc(F)ccc2Br)cc1. The molecule has 20 heavy (non-hydrogen) atoms. The molecule has 0 spiro atoms. The molecule has 0 aliphatic carbocycles. The first-order chi connectivity index (χ1) is 9.69. The average molecular weight is 338 g/mol. The van der Waals surface area contributed by atoms with Gasteiger partial charge in [0.05, 0.1) is 4.47 Å². The molecule has 0 radical (unpaired) electrons. The van der Waals surface area contributed by atoms with Gasteiger partial charge >= 0.3 is 0 Å². The predicted octanol–water partition coefficient (Wildman–Crippen LogP) is 3.93. The van der Waals surface area contributed by atoms with Gasteiger partial charge in [-0.2, -0.15) is 0 Å². The zero-order chi connectivity index (χ0) is 14.4. The van der Waals surface area contributed by atoms with E-state index in [1.165, 1.54) is 17.7 Å². The third-order valence-electron chi connectivity index (χ3n) is 2.97. The number of nitrogens with one attached hydrogen (secondary N) is 1. The van der Waals surface area contributed by atoms with Crippen LogP contribution in [0.25, 0.3) is 0 Å². The maximum absolute atomic E-state index is 13.1. The van der Waals surface area contributed by atoms with Gasteiger partial charge in [0.2, 0.25) is 0 Å². The molecule has 0 fully saturated rings. The van der Waals surface area contributed by atoms with E-state index in [2.05, 4.69) is 33.4 Å². The van der Waals surface area contributed by atoms with Gasteiger partial charge in [-0.3, -0.25) is 0 Å². The van der Waals surface area contributed by atoms with E-state index in [0.29, 0.717) is 12.4 Å². The van der Waals surface area contributed by atoms with Crippen LogP contribution in [0.4, 0.5) is 4.39 Å². The van der Waals surface area contributed by atoms with Crippen molar-refractivity contribution >= 4 is 15.9 Å². The van der Waals surface area contributed by atoms with Crippen molar-refractivity contribution < 1.29 is 9.13 Å². The fourth-order valence-corrected chi connectivity index (χ4v) is 2.18. The van der Waals surface area contributed by atoms with E-state index >= 15 is 0 Å². The second kappa shape index (κ2) is 7.41. The van der Waals surface area contributed by atoms with Gasteiger partial charge in [-0.05, 0) is 59.2 Å². The van der Waals surface area contributed by atoms with Crippen molar-refractivity contribution in [1.29, 1.82) is 0 Å². The Hall–Kier alpha value is -1.39. The van der Waals surface area contributed by atoms with Crippen molar-refractivity contribution in [2.24, 2.45) is 0 Å². The van der Waals surface area contributed by atoms with E-state index in [9.17, 15) is 4.39 Å². The quantitative estimate of drug-likeness (QED) is 0.862. The second-order valence-corrected chi connectivity index (χ2v) is 5.39. The van der Waals surface area contributed by atoms with Crippen molar-refractivity contribution in [3.05, 3.63) is 63.9 Å². The summed E-state index contributed by atoms with van der Waals surface area (Å²) in [6.07, 6.45) is 1.01. The summed E-state index contributed by atoms with van der Waals surface area (Å²) >= 11 is 3.35. The molecule has 0 unspecified atom stereocenters. The van der Waals surface area contributed by atoms with Gasteiger partial charge in [0.15, 0.2) is 0 Å². The van der Waals surface area contributed by atoms with Gasteiger partial charge in [0, 0.05) is 6.07 Å². The monoisotopic (exact) mass is 337 g/mol. The van der Waals surface area contributed by atoms with Crippen LogP contribution >= 0.6 is 15.9 Å². The van der Waals surface area contributed by atoms with Crippen LogP contribution in [0.1, 0.15) is 11.1 Å². The van der Waals surface area contributed by atoms with E-state index in [1.807, 2.05) is 19.2 Å². The Labute approximate surface area is 127 Å². The van der Waals surface area contributed by atoms with Gasteiger partial charge in [-0.15, -0.1) is 0 Å². The minimum atomic E-state index is -0.300. The Balaban J connectivity index is 1.95. The highest BCUT2D eigenvalue weighted by Crippen LogP contribution is 2.26. The van der Waals surface area contributed by atoms with E-state index in [-0.39, 0.29) is 5.82 Å². The molecule has 0 aromatic heterocycles. The van der Waals surface area contributed by atoms with E-state index in [0.717, 1.165) is 23.0 Å². The lowest BCUT2D eigenvalue weighted by atomic mass is 10.1. The molecule has 0 amide bonds. The fraction of sp³-hybridized carbons (Fsp3) is 0.250. The normalized spacial score (nSPS) is 10.6. The summed E-state index contributed by atoms with van der Waals surface area (Å²) in [4.78, 5) is 0. The van der Waals surface area contributed by atoms with E-state index in [4.69, 9.17) is 4.74 Å². The Morgan fingerprint density at radius 2 is 1.80 bits per heavy atom. The van der Waals surface area contributed by atoms with Crippen molar-refractivity contribution in [2.45, 2.75) is 13.0 Å². The molecule has 2 aromatic rings. The van der Waals surface area contributed by atoms with Crippen LogP contribution in [0.15, 0.2) is 46.9 Å². The zero-order valence-corrected chi connectivity index (χ0v) is 12.9. The average Bonchev–Trinajstić information content (AvgIpc) is 2.47. The van der Waals surface area contributed by atoms with Crippen molar-refractivity contribution in [3.8, 4) is 5.75 Å². The Morgan fingerprint density at radius 1 is 1.10 bits per heavy atom. The maximum atomic E-state index is 13.1. The molecule has 0 saturated heterocycles. The molecule has 1 N–H and O–H groups in total. The van der Waals surface area contributed by atoms with Crippen molar-refractivity contribution in [2.75, 3.05) is 13.6 Å². The minimum Gasteiger partial charge on any atom is -0.488 e. The third kappa shape index (κ3) is 4.32. The zero-order valence-electron chi connectivity index (χ0n) is 11.3. The molecule has 0 atom stereocenters. The van der Waals surface area contributed by atoms with Crippen LogP contribution in [0, 0.1) is 5.82 Å². The number of hydrogen-bond acceptors (Lipinski definition) is 2. The Morgan fingerprint density at radius 3 is 2.50 bits per heavy atom. The first-order valence-corrected chi connectivity index (χ1v) is 7.28. The number of benzene rings is 2. The lowest BCUT2D eigenvalue weighted by molar-refractivity contribution is 0.302. The molecular formula is C16H17BrFNO. The van der Waals surface area contributed by atoms with Gasteiger partial charge < -0.3 is 10.1 Å². The molecule has 2 nitrogen and oxygen atoms in total. The van der Waals surface area contributed by atoms with Crippen LogP contribution in [-0.4, -0.2) is 13.6 Å². The summed E-state index contributed by atoms with van der Waals surface area (Å²) in [5, 5.41) is 3.12. The van der Waals surface area contributed by atoms with Crippen LogP contribution in [-0.2, 0) is 13.0 Å². The highest BCUT2D eigenvalue weighted by Gasteiger charge is 2.03. The molecule has 0 aliphatic rings. The fourth-order valence-electron chi connectivity index (χ4n) is 1.82. The molecule has 0 heterocycles. The molecular weight excluding hydrogens is 321 g/mol. The topological polar surface area (TPSA) is 21.3 Å². The summed E-state index contributed by atoms with van der Waals surface area (Å²) in [7, 11) is 1.94. The number of likely N-dealkylation sites (N-methyl/N-ethyl adjacent to an activating group) is 1. The van der Waals surface area contributed by atoms with Gasteiger partial charge in [0.1, 0.15) is 18.2 Å². The molecule has 2 rings (SSSR count).